The maximum atomic E-state index is 10.9. The van der Waals surface area contributed by atoms with Gasteiger partial charge in [-0.1, -0.05) is 0 Å². The molecule has 17 heavy (non-hydrogen) atoms. The van der Waals surface area contributed by atoms with Crippen LogP contribution < -0.4 is 11.1 Å². The zero-order valence-corrected chi connectivity index (χ0v) is 10.3. The normalized spacial score (nSPS) is 12.6. The van der Waals surface area contributed by atoms with Gasteiger partial charge < -0.3 is 20.4 Å². The predicted octanol–water partition coefficient (Wildman–Crippen LogP) is 0.0555. The van der Waals surface area contributed by atoms with E-state index in [-0.39, 0.29) is 11.9 Å². The molecule has 6 heteroatoms. The van der Waals surface area contributed by atoms with Gasteiger partial charge in [-0.25, -0.2) is 4.98 Å². The molecule has 0 spiro atoms. The van der Waals surface area contributed by atoms with Crippen LogP contribution in [0.25, 0.3) is 0 Å². The zero-order valence-electron chi connectivity index (χ0n) is 10.3. The first kappa shape index (κ1) is 13.7. The second kappa shape index (κ2) is 7.03. The first-order chi connectivity index (χ1) is 8.15. The van der Waals surface area contributed by atoms with E-state index in [1.54, 1.807) is 19.6 Å². The molecule has 0 aliphatic heterocycles. The molecule has 0 fully saturated rings. The van der Waals surface area contributed by atoms with Crippen molar-refractivity contribution >= 4 is 5.91 Å². The summed E-state index contributed by atoms with van der Waals surface area (Å²) in [5.74, 6) is -0.301. The molecule has 0 radical (unpaired) electrons. The van der Waals surface area contributed by atoms with E-state index in [2.05, 4.69) is 10.3 Å². The number of hydrogen-bond acceptors (Lipinski definition) is 4. The summed E-state index contributed by atoms with van der Waals surface area (Å²) in [6, 6.07) is 0.0363. The number of ether oxygens (including phenoxy) is 1. The van der Waals surface area contributed by atoms with E-state index in [4.69, 9.17) is 10.5 Å². The van der Waals surface area contributed by atoms with Gasteiger partial charge in [-0.15, -0.1) is 0 Å². The zero-order chi connectivity index (χ0) is 12.7. The predicted molar refractivity (Wildman–Crippen MR) is 64.3 cm³/mol. The third-order valence-corrected chi connectivity index (χ3v) is 2.51. The summed E-state index contributed by atoms with van der Waals surface area (Å²) in [5.41, 5.74) is 6.22. The molecule has 0 aliphatic rings. The molecule has 0 aromatic carbocycles. The summed E-state index contributed by atoms with van der Waals surface area (Å²) in [7, 11) is 1.67. The summed E-state index contributed by atoms with van der Waals surface area (Å²) in [4.78, 5) is 15.0. The van der Waals surface area contributed by atoms with Gasteiger partial charge in [0.25, 0.3) is 0 Å². The number of nitrogens with zero attached hydrogens (tertiary/aromatic N) is 2. The standard InChI is InChI=1S/C11H20N4O2/c1-9(5-11(12)16)15-8-14-7-10(15)6-13-3-4-17-2/h7-9,13H,3-6H2,1-2H3,(H2,12,16). The molecule has 1 unspecified atom stereocenters. The van der Waals surface area contributed by atoms with Crippen LogP contribution in [0.3, 0.4) is 0 Å². The fourth-order valence-corrected chi connectivity index (χ4v) is 1.65. The number of rotatable bonds is 8. The largest absolute Gasteiger partial charge is 0.383 e. The monoisotopic (exact) mass is 240 g/mol. The third kappa shape index (κ3) is 4.54. The maximum absolute atomic E-state index is 10.9. The van der Waals surface area contributed by atoms with Crippen molar-refractivity contribution in [2.24, 2.45) is 5.73 Å². The lowest BCUT2D eigenvalue weighted by molar-refractivity contribution is -0.118. The van der Waals surface area contributed by atoms with Crippen LogP contribution >= 0.6 is 0 Å². The number of hydrogen-bond donors (Lipinski definition) is 2. The summed E-state index contributed by atoms with van der Waals surface area (Å²) in [5, 5.41) is 3.24. The molecule has 96 valence electrons. The minimum Gasteiger partial charge on any atom is -0.383 e. The third-order valence-electron chi connectivity index (χ3n) is 2.51. The quantitative estimate of drug-likeness (QED) is 0.629. The summed E-state index contributed by atoms with van der Waals surface area (Å²) >= 11 is 0. The van der Waals surface area contributed by atoms with Gasteiger partial charge in [0.15, 0.2) is 0 Å². The molecule has 0 aliphatic carbocycles. The second-order valence-corrected chi connectivity index (χ2v) is 3.98. The Balaban J connectivity index is 2.50. The van der Waals surface area contributed by atoms with Crippen molar-refractivity contribution in [3.05, 3.63) is 18.2 Å². The van der Waals surface area contributed by atoms with Gasteiger partial charge in [0.1, 0.15) is 0 Å². The molecule has 1 aromatic rings. The van der Waals surface area contributed by atoms with Gasteiger partial charge in [-0.3, -0.25) is 4.79 Å². The summed E-state index contributed by atoms with van der Waals surface area (Å²) in [6.45, 7) is 4.11. The smallest absolute Gasteiger partial charge is 0.219 e. The Morgan fingerprint density at radius 2 is 2.47 bits per heavy atom. The Morgan fingerprint density at radius 3 is 3.12 bits per heavy atom. The lowest BCUT2D eigenvalue weighted by atomic mass is 10.2. The van der Waals surface area contributed by atoms with Crippen molar-refractivity contribution in [3.63, 3.8) is 0 Å². The molecule has 1 rings (SSSR count). The Labute approximate surface area is 101 Å². The number of primary amides is 1. The molecule has 6 nitrogen and oxygen atoms in total. The fourth-order valence-electron chi connectivity index (χ4n) is 1.65. The van der Waals surface area contributed by atoms with E-state index < -0.39 is 0 Å². The second-order valence-electron chi connectivity index (χ2n) is 3.98. The topological polar surface area (TPSA) is 82.2 Å². The van der Waals surface area contributed by atoms with Crippen molar-refractivity contribution in [2.75, 3.05) is 20.3 Å². The van der Waals surface area contributed by atoms with Crippen LogP contribution in [0.4, 0.5) is 0 Å². The molecule has 0 saturated heterocycles. The summed E-state index contributed by atoms with van der Waals surface area (Å²) in [6.07, 6.45) is 3.83. The Morgan fingerprint density at radius 1 is 1.71 bits per heavy atom. The molecule has 1 amide bonds. The van der Waals surface area contributed by atoms with E-state index in [0.29, 0.717) is 19.6 Å². The molecule has 0 bridgehead atoms. The molecule has 1 atom stereocenters. The van der Waals surface area contributed by atoms with Crippen molar-refractivity contribution < 1.29 is 9.53 Å². The lowest BCUT2D eigenvalue weighted by Crippen LogP contribution is -2.23. The molecule has 1 aromatic heterocycles. The fraction of sp³-hybridized carbons (Fsp3) is 0.636. The van der Waals surface area contributed by atoms with Crippen molar-refractivity contribution in [1.82, 2.24) is 14.9 Å². The number of methoxy groups -OCH3 is 1. The highest BCUT2D eigenvalue weighted by Gasteiger charge is 2.11. The average molecular weight is 240 g/mol. The first-order valence-electron chi connectivity index (χ1n) is 5.63. The van der Waals surface area contributed by atoms with Crippen molar-refractivity contribution in [1.29, 1.82) is 0 Å². The van der Waals surface area contributed by atoms with Gasteiger partial charge in [-0.05, 0) is 6.92 Å². The van der Waals surface area contributed by atoms with E-state index in [1.807, 2.05) is 11.5 Å². The Hall–Kier alpha value is -1.40. The van der Waals surface area contributed by atoms with Crippen LogP contribution in [0.15, 0.2) is 12.5 Å². The number of carbonyl (C=O) groups excluding carboxylic acids is 1. The lowest BCUT2D eigenvalue weighted by Gasteiger charge is -2.15. The summed E-state index contributed by atoms with van der Waals surface area (Å²) < 4.78 is 6.91. The molecule has 0 saturated carbocycles. The number of nitrogens with two attached hydrogens (primary N) is 1. The number of aromatic nitrogens is 2. The number of imidazole rings is 1. The Kier molecular flexibility index (Phi) is 5.65. The van der Waals surface area contributed by atoms with Crippen molar-refractivity contribution in [3.8, 4) is 0 Å². The van der Waals surface area contributed by atoms with Crippen LogP contribution in [0.2, 0.25) is 0 Å². The molecular weight excluding hydrogens is 220 g/mol. The van der Waals surface area contributed by atoms with Crippen LogP contribution in [-0.4, -0.2) is 35.7 Å². The van der Waals surface area contributed by atoms with Crippen molar-refractivity contribution in [2.45, 2.75) is 25.9 Å². The van der Waals surface area contributed by atoms with Crippen LogP contribution in [0.5, 0.6) is 0 Å². The van der Waals surface area contributed by atoms with Gasteiger partial charge in [0.2, 0.25) is 5.91 Å². The van der Waals surface area contributed by atoms with Crippen LogP contribution in [0.1, 0.15) is 25.1 Å². The number of carbonyl (C=O) groups is 1. The SMILES string of the molecule is COCCNCc1cncn1C(C)CC(N)=O. The van der Waals surface area contributed by atoms with Gasteiger partial charge in [0.05, 0.1) is 18.6 Å². The minimum atomic E-state index is -0.301. The van der Waals surface area contributed by atoms with E-state index in [1.165, 1.54) is 0 Å². The molecular formula is C11H20N4O2. The maximum Gasteiger partial charge on any atom is 0.219 e. The highest BCUT2D eigenvalue weighted by molar-refractivity contribution is 5.74. The van der Waals surface area contributed by atoms with Crippen LogP contribution in [0, 0.1) is 0 Å². The average Bonchev–Trinajstić information content (AvgIpc) is 2.71. The van der Waals surface area contributed by atoms with Gasteiger partial charge in [0, 0.05) is 38.9 Å². The van der Waals surface area contributed by atoms with Gasteiger partial charge in [-0.2, -0.15) is 0 Å². The highest BCUT2D eigenvalue weighted by Crippen LogP contribution is 2.13. The highest BCUT2D eigenvalue weighted by atomic mass is 16.5. The number of amides is 1. The molecule has 3 N–H and O–H groups in total. The van der Waals surface area contributed by atoms with Gasteiger partial charge >= 0.3 is 0 Å². The first-order valence-corrected chi connectivity index (χ1v) is 5.63. The molecule has 1 heterocycles. The van der Waals surface area contributed by atoms with E-state index >= 15 is 0 Å². The Bertz CT molecular complexity index is 351. The van der Waals surface area contributed by atoms with E-state index in [0.717, 1.165) is 12.2 Å². The van der Waals surface area contributed by atoms with Crippen LogP contribution in [-0.2, 0) is 16.1 Å². The number of nitrogens with one attached hydrogen (secondary N) is 1. The minimum absolute atomic E-state index is 0.0363. The van der Waals surface area contributed by atoms with E-state index in [9.17, 15) is 4.79 Å².